The second kappa shape index (κ2) is 6.26. The molecule has 22 heavy (non-hydrogen) atoms. The van der Waals surface area contributed by atoms with Gasteiger partial charge in [0.25, 0.3) is 0 Å². The monoisotopic (exact) mass is 344 g/mol. The fraction of sp³-hybridized carbons (Fsp3) is 0.333. The van der Waals surface area contributed by atoms with Crippen LogP contribution in [0.2, 0.25) is 5.02 Å². The fourth-order valence-electron chi connectivity index (χ4n) is 1.64. The molecule has 0 saturated heterocycles. The number of aromatic amines is 1. The summed E-state index contributed by atoms with van der Waals surface area (Å²) in [5.41, 5.74) is 0.253. The van der Waals surface area contributed by atoms with Gasteiger partial charge in [-0.3, -0.25) is 9.89 Å². The van der Waals surface area contributed by atoms with Gasteiger partial charge >= 0.3 is 5.97 Å². The number of aromatic nitrogens is 2. The molecule has 0 saturated carbocycles. The summed E-state index contributed by atoms with van der Waals surface area (Å²) in [4.78, 5) is 11.9. The van der Waals surface area contributed by atoms with Gasteiger partial charge in [-0.1, -0.05) is 17.7 Å². The Kier molecular flexibility index (Phi) is 4.78. The van der Waals surface area contributed by atoms with Crippen molar-refractivity contribution < 1.29 is 13.9 Å². The molecule has 0 amide bonds. The first-order chi connectivity index (χ1) is 10.2. The van der Waals surface area contributed by atoms with Gasteiger partial charge in [0.1, 0.15) is 5.82 Å². The zero-order valence-electron chi connectivity index (χ0n) is 12.3. The van der Waals surface area contributed by atoms with Gasteiger partial charge in [0.2, 0.25) is 5.88 Å². The second-order valence-electron chi connectivity index (χ2n) is 5.82. The third-order valence-corrected chi connectivity index (χ3v) is 3.74. The molecule has 0 spiro atoms. The van der Waals surface area contributed by atoms with E-state index in [-0.39, 0.29) is 10.9 Å². The Hall–Kier alpha value is -1.59. The van der Waals surface area contributed by atoms with Crippen molar-refractivity contribution in [1.29, 1.82) is 0 Å². The highest BCUT2D eigenvalue weighted by molar-refractivity contribution is 6.30. The number of hydrogen-bond donors (Lipinski definition) is 1. The highest BCUT2D eigenvalue weighted by Gasteiger charge is 2.27. The lowest BCUT2D eigenvalue weighted by atomic mass is 9.97. The third kappa shape index (κ3) is 3.59. The van der Waals surface area contributed by atoms with Crippen LogP contribution in [0.25, 0.3) is 0 Å². The Balaban J connectivity index is 2.28. The molecule has 1 heterocycles. The number of alkyl halides is 1. The molecule has 1 atom stereocenters. The molecule has 2 rings (SSSR count). The largest absolute Gasteiger partial charge is 0.405 e. The minimum Gasteiger partial charge on any atom is -0.405 e. The molecule has 2 aromatic rings. The predicted octanol–water partition coefficient (Wildman–Crippen LogP) is 4.48. The zero-order valence-corrected chi connectivity index (χ0v) is 13.8. The standard InChI is InChI=1S/C15H15Cl2FN2O2/c1-15(2,3)14(21)22-13-9(7-19-20-13)12(17)8-4-5-10(16)11(18)6-8/h4-7,12H,1-3H3,(H,19,20). The minimum absolute atomic E-state index is 0.0131. The van der Waals surface area contributed by atoms with E-state index in [0.29, 0.717) is 11.1 Å². The SMILES string of the molecule is CC(C)(C)C(=O)Oc1n[nH]cc1C(Cl)c1ccc(Cl)c(F)c1. The number of halogens is 3. The van der Waals surface area contributed by atoms with Crippen molar-refractivity contribution in [1.82, 2.24) is 10.2 Å². The summed E-state index contributed by atoms with van der Waals surface area (Å²) in [5.74, 6) is -0.927. The molecule has 1 N–H and O–H groups in total. The number of H-pyrrole nitrogens is 1. The molecule has 0 bridgehead atoms. The van der Waals surface area contributed by atoms with Crippen LogP contribution in [0.1, 0.15) is 37.3 Å². The van der Waals surface area contributed by atoms with Gasteiger partial charge in [0, 0.05) is 6.20 Å². The van der Waals surface area contributed by atoms with Crippen molar-refractivity contribution in [2.75, 3.05) is 0 Å². The van der Waals surface area contributed by atoms with Crippen LogP contribution in [0, 0.1) is 11.2 Å². The smallest absolute Gasteiger partial charge is 0.318 e. The van der Waals surface area contributed by atoms with E-state index < -0.39 is 22.6 Å². The maximum Gasteiger partial charge on any atom is 0.318 e. The average Bonchev–Trinajstić information content (AvgIpc) is 2.88. The van der Waals surface area contributed by atoms with Crippen molar-refractivity contribution in [3.05, 3.63) is 46.4 Å². The van der Waals surface area contributed by atoms with Crippen molar-refractivity contribution in [2.45, 2.75) is 26.1 Å². The summed E-state index contributed by atoms with van der Waals surface area (Å²) in [5, 5.41) is 5.77. The van der Waals surface area contributed by atoms with Gasteiger partial charge in [0.05, 0.1) is 21.4 Å². The van der Waals surface area contributed by atoms with E-state index in [2.05, 4.69) is 10.2 Å². The zero-order chi connectivity index (χ0) is 16.5. The molecule has 1 aromatic heterocycles. The first-order valence-corrected chi connectivity index (χ1v) is 7.36. The molecule has 0 fully saturated rings. The van der Waals surface area contributed by atoms with Crippen LogP contribution in [-0.4, -0.2) is 16.2 Å². The first kappa shape index (κ1) is 16.8. The Bertz CT molecular complexity index is 695. The van der Waals surface area contributed by atoms with Crippen molar-refractivity contribution in [3.8, 4) is 5.88 Å². The molecule has 1 aromatic carbocycles. The van der Waals surface area contributed by atoms with E-state index in [4.69, 9.17) is 27.9 Å². The van der Waals surface area contributed by atoms with E-state index in [0.717, 1.165) is 0 Å². The molecular formula is C15H15Cl2FN2O2. The summed E-state index contributed by atoms with van der Waals surface area (Å²) in [6.45, 7) is 5.19. The van der Waals surface area contributed by atoms with Gasteiger partial charge in [0.15, 0.2) is 0 Å². The number of nitrogens with one attached hydrogen (secondary N) is 1. The lowest BCUT2D eigenvalue weighted by Crippen LogP contribution is -2.26. The number of carbonyl (C=O) groups is 1. The second-order valence-corrected chi connectivity index (χ2v) is 6.66. The van der Waals surface area contributed by atoms with Crippen LogP contribution in [0.4, 0.5) is 4.39 Å². The predicted molar refractivity (Wildman–Crippen MR) is 82.8 cm³/mol. The van der Waals surface area contributed by atoms with Crippen LogP contribution >= 0.6 is 23.2 Å². The summed E-state index contributed by atoms with van der Waals surface area (Å²) in [7, 11) is 0. The first-order valence-electron chi connectivity index (χ1n) is 6.55. The average molecular weight is 345 g/mol. The molecule has 0 aliphatic carbocycles. The van der Waals surface area contributed by atoms with Crippen molar-refractivity contribution in [2.24, 2.45) is 5.41 Å². The highest BCUT2D eigenvalue weighted by Crippen LogP contribution is 2.35. The molecule has 0 aliphatic rings. The topological polar surface area (TPSA) is 55.0 Å². The number of esters is 1. The maximum absolute atomic E-state index is 13.5. The lowest BCUT2D eigenvalue weighted by molar-refractivity contribution is -0.143. The van der Waals surface area contributed by atoms with E-state index in [1.165, 1.54) is 18.3 Å². The van der Waals surface area contributed by atoms with Crippen LogP contribution < -0.4 is 4.74 Å². The summed E-state index contributed by atoms with van der Waals surface area (Å²) in [6, 6.07) is 4.26. The van der Waals surface area contributed by atoms with Gasteiger partial charge < -0.3 is 4.74 Å². The Morgan fingerprint density at radius 1 is 1.41 bits per heavy atom. The van der Waals surface area contributed by atoms with E-state index in [9.17, 15) is 9.18 Å². The maximum atomic E-state index is 13.5. The normalized spacial score (nSPS) is 13.0. The van der Waals surface area contributed by atoms with Gasteiger partial charge in [-0.05, 0) is 38.5 Å². The quantitative estimate of drug-likeness (QED) is 0.659. The van der Waals surface area contributed by atoms with Crippen LogP contribution in [0.15, 0.2) is 24.4 Å². The number of hydrogen-bond acceptors (Lipinski definition) is 3. The molecule has 7 heteroatoms. The Morgan fingerprint density at radius 3 is 2.68 bits per heavy atom. The summed E-state index contributed by atoms with van der Waals surface area (Å²) in [6.07, 6.45) is 1.51. The molecule has 0 radical (unpaired) electrons. The number of rotatable bonds is 3. The van der Waals surface area contributed by atoms with E-state index >= 15 is 0 Å². The van der Waals surface area contributed by atoms with Crippen LogP contribution in [0.5, 0.6) is 5.88 Å². The van der Waals surface area contributed by atoms with Gasteiger partial charge in [-0.25, -0.2) is 4.39 Å². The van der Waals surface area contributed by atoms with E-state index in [1.807, 2.05) is 0 Å². The molecule has 118 valence electrons. The van der Waals surface area contributed by atoms with Gasteiger partial charge in [-0.15, -0.1) is 16.7 Å². The molecule has 1 unspecified atom stereocenters. The number of ether oxygens (including phenoxy) is 1. The Morgan fingerprint density at radius 2 is 2.09 bits per heavy atom. The lowest BCUT2D eigenvalue weighted by Gasteiger charge is -2.16. The molecule has 0 aliphatic heterocycles. The molecule has 4 nitrogen and oxygen atoms in total. The highest BCUT2D eigenvalue weighted by atomic mass is 35.5. The van der Waals surface area contributed by atoms with E-state index in [1.54, 1.807) is 26.8 Å². The number of nitrogens with zero attached hydrogens (tertiary/aromatic N) is 1. The number of benzene rings is 1. The van der Waals surface area contributed by atoms with Crippen LogP contribution in [0.3, 0.4) is 0 Å². The third-order valence-electron chi connectivity index (χ3n) is 2.94. The van der Waals surface area contributed by atoms with Crippen LogP contribution in [-0.2, 0) is 4.79 Å². The minimum atomic E-state index is -0.728. The summed E-state index contributed by atoms with van der Waals surface area (Å²) < 4.78 is 18.8. The van der Waals surface area contributed by atoms with Gasteiger partial charge in [-0.2, -0.15) is 0 Å². The van der Waals surface area contributed by atoms with Crippen molar-refractivity contribution in [3.63, 3.8) is 0 Å². The van der Waals surface area contributed by atoms with Crippen molar-refractivity contribution >= 4 is 29.2 Å². The Labute approximate surface area is 137 Å². The summed E-state index contributed by atoms with van der Waals surface area (Å²) >= 11 is 12.0. The fourth-order valence-corrected chi connectivity index (χ4v) is 2.05. The molecular weight excluding hydrogens is 330 g/mol. The number of carbonyl (C=O) groups excluding carboxylic acids is 1.